The maximum Gasteiger partial charge on any atom is 0.306 e. The molecule has 80 valence electrons. The minimum absolute atomic E-state index is 0.256. The lowest BCUT2D eigenvalue weighted by Crippen LogP contribution is -2.07. The van der Waals surface area contributed by atoms with E-state index in [-0.39, 0.29) is 12.4 Å². The SMILES string of the molecule is CCOC(=O)CCc1ncccc1C=O. The molecule has 4 heteroatoms. The standard InChI is InChI=1S/C11H13NO3/c1-2-15-11(14)6-5-10-9(8-13)4-3-7-12-10/h3-4,7-8H,2,5-6H2,1H3. The van der Waals surface area contributed by atoms with Crippen LogP contribution in [0.25, 0.3) is 0 Å². The number of aryl methyl sites for hydroxylation is 1. The van der Waals surface area contributed by atoms with E-state index >= 15 is 0 Å². The van der Waals surface area contributed by atoms with E-state index in [1.165, 1.54) is 0 Å². The second kappa shape index (κ2) is 5.90. The van der Waals surface area contributed by atoms with Gasteiger partial charge in [-0.3, -0.25) is 14.6 Å². The van der Waals surface area contributed by atoms with E-state index in [1.54, 1.807) is 25.3 Å². The molecule has 0 fully saturated rings. The molecule has 0 aliphatic carbocycles. The van der Waals surface area contributed by atoms with Crippen molar-refractivity contribution in [3.05, 3.63) is 29.6 Å². The number of hydrogen-bond acceptors (Lipinski definition) is 4. The van der Waals surface area contributed by atoms with Crippen LogP contribution in [-0.2, 0) is 16.0 Å². The van der Waals surface area contributed by atoms with Gasteiger partial charge in [0.15, 0.2) is 6.29 Å². The summed E-state index contributed by atoms with van der Waals surface area (Å²) in [6.45, 7) is 2.14. The number of carbonyl (C=O) groups is 2. The molecule has 0 aliphatic rings. The average Bonchev–Trinajstić information content (AvgIpc) is 2.27. The zero-order valence-corrected chi connectivity index (χ0v) is 8.60. The normalized spacial score (nSPS) is 9.67. The second-order valence-corrected chi connectivity index (χ2v) is 2.96. The van der Waals surface area contributed by atoms with E-state index in [0.29, 0.717) is 24.3 Å². The Balaban J connectivity index is 2.57. The highest BCUT2D eigenvalue weighted by Gasteiger charge is 2.06. The molecule has 0 aromatic carbocycles. The lowest BCUT2D eigenvalue weighted by molar-refractivity contribution is -0.143. The molecule has 0 N–H and O–H groups in total. The highest BCUT2D eigenvalue weighted by atomic mass is 16.5. The summed E-state index contributed by atoms with van der Waals surface area (Å²) in [6, 6.07) is 3.37. The van der Waals surface area contributed by atoms with Gasteiger partial charge < -0.3 is 4.74 Å². The molecule has 0 unspecified atom stereocenters. The molecule has 0 atom stereocenters. The maximum absolute atomic E-state index is 11.1. The van der Waals surface area contributed by atoms with E-state index < -0.39 is 0 Å². The van der Waals surface area contributed by atoms with Crippen LogP contribution in [0.1, 0.15) is 29.4 Å². The first-order valence-electron chi connectivity index (χ1n) is 4.82. The molecular weight excluding hydrogens is 194 g/mol. The number of ether oxygens (including phenoxy) is 1. The summed E-state index contributed by atoms with van der Waals surface area (Å²) in [5, 5.41) is 0. The van der Waals surface area contributed by atoms with Gasteiger partial charge in [0.1, 0.15) is 0 Å². The Morgan fingerprint density at radius 2 is 2.40 bits per heavy atom. The molecule has 4 nitrogen and oxygen atoms in total. The molecular formula is C11H13NO3. The summed E-state index contributed by atoms with van der Waals surface area (Å²) < 4.78 is 4.78. The lowest BCUT2D eigenvalue weighted by atomic mass is 10.1. The number of aldehydes is 1. The van der Waals surface area contributed by atoms with Crippen molar-refractivity contribution >= 4 is 12.3 Å². The second-order valence-electron chi connectivity index (χ2n) is 2.96. The molecule has 0 bridgehead atoms. The lowest BCUT2D eigenvalue weighted by Gasteiger charge is -2.03. The van der Waals surface area contributed by atoms with Crippen LogP contribution < -0.4 is 0 Å². The third-order valence-corrected chi connectivity index (χ3v) is 1.92. The van der Waals surface area contributed by atoms with Crippen molar-refractivity contribution in [3.63, 3.8) is 0 Å². The van der Waals surface area contributed by atoms with E-state index in [0.717, 1.165) is 6.29 Å². The van der Waals surface area contributed by atoms with Gasteiger partial charge in [-0.1, -0.05) is 0 Å². The maximum atomic E-state index is 11.1. The van der Waals surface area contributed by atoms with Gasteiger partial charge in [0.05, 0.1) is 18.7 Å². The van der Waals surface area contributed by atoms with E-state index in [2.05, 4.69) is 4.98 Å². The summed E-state index contributed by atoms with van der Waals surface area (Å²) in [4.78, 5) is 25.8. The number of rotatable bonds is 5. The Hall–Kier alpha value is -1.71. The summed E-state index contributed by atoms with van der Waals surface area (Å²) in [6.07, 6.45) is 3.04. The van der Waals surface area contributed by atoms with E-state index in [1.807, 2.05) is 0 Å². The molecule has 0 saturated carbocycles. The van der Waals surface area contributed by atoms with Gasteiger partial charge in [-0.25, -0.2) is 0 Å². The third-order valence-electron chi connectivity index (χ3n) is 1.92. The third kappa shape index (κ3) is 3.50. The van der Waals surface area contributed by atoms with Crippen molar-refractivity contribution in [3.8, 4) is 0 Å². The predicted octanol–water partition coefficient (Wildman–Crippen LogP) is 1.39. The fraction of sp³-hybridized carbons (Fsp3) is 0.364. The summed E-state index contributed by atoms with van der Waals surface area (Å²) >= 11 is 0. The summed E-state index contributed by atoms with van der Waals surface area (Å²) in [5.74, 6) is -0.264. The Kier molecular flexibility index (Phi) is 4.47. The number of pyridine rings is 1. The van der Waals surface area contributed by atoms with Crippen molar-refractivity contribution < 1.29 is 14.3 Å². The Morgan fingerprint density at radius 1 is 1.60 bits per heavy atom. The molecule has 1 rings (SSSR count). The number of nitrogens with zero attached hydrogens (tertiary/aromatic N) is 1. The van der Waals surface area contributed by atoms with Crippen molar-refractivity contribution in [2.45, 2.75) is 19.8 Å². The number of hydrogen-bond donors (Lipinski definition) is 0. The van der Waals surface area contributed by atoms with Crippen LogP contribution in [0, 0.1) is 0 Å². The smallest absolute Gasteiger partial charge is 0.306 e. The molecule has 1 aromatic heterocycles. The molecule has 0 amide bonds. The van der Waals surface area contributed by atoms with Crippen molar-refractivity contribution in [2.75, 3.05) is 6.61 Å². The number of esters is 1. The van der Waals surface area contributed by atoms with Crippen molar-refractivity contribution in [1.29, 1.82) is 0 Å². The minimum atomic E-state index is -0.264. The largest absolute Gasteiger partial charge is 0.466 e. The van der Waals surface area contributed by atoms with Crippen molar-refractivity contribution in [1.82, 2.24) is 4.98 Å². The van der Waals surface area contributed by atoms with Gasteiger partial charge in [0.2, 0.25) is 0 Å². The van der Waals surface area contributed by atoms with Crippen LogP contribution >= 0.6 is 0 Å². The minimum Gasteiger partial charge on any atom is -0.466 e. The zero-order valence-electron chi connectivity index (χ0n) is 8.60. The molecule has 0 aliphatic heterocycles. The first-order chi connectivity index (χ1) is 7.27. The molecule has 15 heavy (non-hydrogen) atoms. The summed E-state index contributed by atoms with van der Waals surface area (Å²) in [5.41, 5.74) is 1.17. The molecule has 1 heterocycles. The first kappa shape index (κ1) is 11.4. The Labute approximate surface area is 88.3 Å². The van der Waals surface area contributed by atoms with Gasteiger partial charge in [-0.15, -0.1) is 0 Å². The van der Waals surface area contributed by atoms with Gasteiger partial charge in [-0.2, -0.15) is 0 Å². The van der Waals surface area contributed by atoms with Crippen LogP contribution in [0.2, 0.25) is 0 Å². The Bertz CT molecular complexity index is 349. The van der Waals surface area contributed by atoms with E-state index in [9.17, 15) is 9.59 Å². The molecule has 0 spiro atoms. The van der Waals surface area contributed by atoms with Crippen LogP contribution in [-0.4, -0.2) is 23.8 Å². The van der Waals surface area contributed by atoms with Crippen molar-refractivity contribution in [2.24, 2.45) is 0 Å². The predicted molar refractivity (Wildman–Crippen MR) is 54.6 cm³/mol. The van der Waals surface area contributed by atoms with Gasteiger partial charge in [0.25, 0.3) is 0 Å². The highest BCUT2D eigenvalue weighted by Crippen LogP contribution is 2.05. The first-order valence-corrected chi connectivity index (χ1v) is 4.82. The molecule has 1 aromatic rings. The fourth-order valence-electron chi connectivity index (χ4n) is 1.22. The quantitative estimate of drug-likeness (QED) is 0.540. The van der Waals surface area contributed by atoms with Gasteiger partial charge >= 0.3 is 5.97 Å². The topological polar surface area (TPSA) is 56.3 Å². The number of aromatic nitrogens is 1. The Morgan fingerprint density at radius 3 is 3.07 bits per heavy atom. The summed E-state index contributed by atoms with van der Waals surface area (Å²) in [7, 11) is 0. The monoisotopic (exact) mass is 207 g/mol. The van der Waals surface area contributed by atoms with Crippen LogP contribution in [0.15, 0.2) is 18.3 Å². The van der Waals surface area contributed by atoms with Gasteiger partial charge in [-0.05, 0) is 19.1 Å². The van der Waals surface area contributed by atoms with E-state index in [4.69, 9.17) is 4.74 Å². The van der Waals surface area contributed by atoms with Crippen LogP contribution in [0.4, 0.5) is 0 Å². The highest BCUT2D eigenvalue weighted by molar-refractivity contribution is 5.77. The zero-order chi connectivity index (χ0) is 11.1. The number of carbonyl (C=O) groups excluding carboxylic acids is 2. The van der Waals surface area contributed by atoms with Crippen LogP contribution in [0.5, 0.6) is 0 Å². The molecule has 0 radical (unpaired) electrons. The van der Waals surface area contributed by atoms with Gasteiger partial charge in [0, 0.05) is 18.2 Å². The average molecular weight is 207 g/mol. The molecule has 0 saturated heterocycles. The van der Waals surface area contributed by atoms with Crippen LogP contribution in [0.3, 0.4) is 0 Å². The fourth-order valence-corrected chi connectivity index (χ4v) is 1.22.